The number of rotatable bonds is 4. The lowest BCUT2D eigenvalue weighted by molar-refractivity contribution is 0.384. The number of pyridine rings is 1. The van der Waals surface area contributed by atoms with Gasteiger partial charge in [-0.3, -0.25) is 4.79 Å². The van der Waals surface area contributed by atoms with E-state index >= 15 is 0 Å². The fourth-order valence-electron chi connectivity index (χ4n) is 3.32. The van der Waals surface area contributed by atoms with E-state index in [9.17, 15) is 4.79 Å². The lowest BCUT2D eigenvalue weighted by atomic mass is 10.1. The summed E-state index contributed by atoms with van der Waals surface area (Å²) in [6.45, 7) is 1.47. The minimum Gasteiger partial charge on any atom is -0.354 e. The number of nitrogens with zero attached hydrogens (tertiary/aromatic N) is 2. The summed E-state index contributed by atoms with van der Waals surface area (Å²) in [5.41, 5.74) is 3.81. The molecular weight excluding hydrogens is 346 g/mol. The van der Waals surface area contributed by atoms with E-state index in [1.165, 1.54) is 0 Å². The maximum Gasteiger partial charge on any atom is 0.260 e. The summed E-state index contributed by atoms with van der Waals surface area (Å²) in [6.07, 6.45) is 0. The molecule has 0 saturated carbocycles. The van der Waals surface area contributed by atoms with Crippen LogP contribution in [0, 0.1) is 0 Å². The predicted molar refractivity (Wildman–Crippen MR) is 109 cm³/mol. The number of halogens is 1. The van der Waals surface area contributed by atoms with Gasteiger partial charge in [0.25, 0.3) is 5.56 Å². The third-order valence-electron chi connectivity index (χ3n) is 4.68. The molecule has 26 heavy (non-hydrogen) atoms. The number of aromatic nitrogens is 2. The van der Waals surface area contributed by atoms with E-state index in [4.69, 9.17) is 11.6 Å². The quantitative estimate of drug-likeness (QED) is 0.583. The maximum absolute atomic E-state index is 13.2. The van der Waals surface area contributed by atoms with E-state index in [0.29, 0.717) is 17.0 Å². The molecule has 5 heteroatoms. The molecule has 0 amide bonds. The first-order valence-corrected chi connectivity index (χ1v) is 8.97. The minimum atomic E-state index is 0.0389. The third-order valence-corrected chi connectivity index (χ3v) is 4.94. The molecule has 0 bridgehead atoms. The first-order valence-electron chi connectivity index (χ1n) is 8.59. The summed E-state index contributed by atoms with van der Waals surface area (Å²) in [4.78, 5) is 18.7. The molecule has 0 atom stereocenters. The van der Waals surface area contributed by atoms with E-state index in [-0.39, 0.29) is 5.56 Å². The highest BCUT2D eigenvalue weighted by Gasteiger charge is 2.14. The Morgan fingerprint density at radius 2 is 1.77 bits per heavy atom. The molecular formula is C21H20ClN3O. The van der Waals surface area contributed by atoms with Crippen LogP contribution in [0.15, 0.2) is 59.4 Å². The van der Waals surface area contributed by atoms with Crippen LogP contribution in [0.1, 0.15) is 0 Å². The van der Waals surface area contributed by atoms with E-state index in [2.05, 4.69) is 16.0 Å². The van der Waals surface area contributed by atoms with Crippen molar-refractivity contribution in [2.24, 2.45) is 0 Å². The van der Waals surface area contributed by atoms with Gasteiger partial charge >= 0.3 is 0 Å². The Hall–Kier alpha value is -2.56. The van der Waals surface area contributed by atoms with Crippen LogP contribution in [0.25, 0.3) is 33.1 Å². The Kier molecular flexibility index (Phi) is 4.31. The second-order valence-electron chi connectivity index (χ2n) is 6.76. The highest BCUT2D eigenvalue weighted by molar-refractivity contribution is 6.30. The smallest absolute Gasteiger partial charge is 0.260 e. The van der Waals surface area contributed by atoms with Gasteiger partial charge in [0.15, 0.2) is 0 Å². The van der Waals surface area contributed by atoms with E-state index in [0.717, 1.165) is 34.2 Å². The lowest BCUT2D eigenvalue weighted by Crippen LogP contribution is -2.26. The van der Waals surface area contributed by atoms with Crippen molar-refractivity contribution in [2.45, 2.75) is 6.54 Å². The van der Waals surface area contributed by atoms with Crippen molar-refractivity contribution in [3.8, 4) is 11.3 Å². The molecule has 132 valence electrons. The van der Waals surface area contributed by atoms with Crippen LogP contribution in [-0.2, 0) is 6.54 Å². The van der Waals surface area contributed by atoms with Crippen LogP contribution in [0.5, 0.6) is 0 Å². The highest BCUT2D eigenvalue weighted by atomic mass is 35.5. The molecule has 0 aliphatic carbocycles. The van der Waals surface area contributed by atoms with Gasteiger partial charge in [-0.25, -0.2) is 0 Å². The Balaban J connectivity index is 1.97. The molecule has 0 radical (unpaired) electrons. The van der Waals surface area contributed by atoms with E-state index < -0.39 is 0 Å². The monoisotopic (exact) mass is 365 g/mol. The van der Waals surface area contributed by atoms with Crippen molar-refractivity contribution < 1.29 is 0 Å². The largest absolute Gasteiger partial charge is 0.354 e. The zero-order chi connectivity index (χ0) is 18.3. The molecule has 0 aliphatic rings. The van der Waals surface area contributed by atoms with Gasteiger partial charge < -0.3 is 14.5 Å². The number of fused-ring (bicyclic) bond motifs is 3. The first-order chi connectivity index (χ1) is 12.5. The standard InChI is InChI=1S/C21H20ClN3O/c1-24(2)11-12-25-19-6-4-3-5-16(19)20-17(21(25)26)13-18(23-20)14-7-9-15(22)10-8-14/h3-10,13,23H,11-12H2,1-2H3. The molecule has 2 aromatic carbocycles. The average Bonchev–Trinajstić information content (AvgIpc) is 3.08. The van der Waals surface area contributed by atoms with Crippen LogP contribution in [0.3, 0.4) is 0 Å². The molecule has 0 aliphatic heterocycles. The summed E-state index contributed by atoms with van der Waals surface area (Å²) in [7, 11) is 4.03. The zero-order valence-electron chi connectivity index (χ0n) is 14.8. The van der Waals surface area contributed by atoms with Crippen molar-refractivity contribution in [1.82, 2.24) is 14.5 Å². The molecule has 0 fully saturated rings. The number of H-pyrrole nitrogens is 1. The second-order valence-corrected chi connectivity index (χ2v) is 7.19. The van der Waals surface area contributed by atoms with Gasteiger partial charge in [-0.1, -0.05) is 41.9 Å². The predicted octanol–water partition coefficient (Wildman–Crippen LogP) is 4.36. The number of nitrogens with one attached hydrogen (secondary N) is 1. The van der Waals surface area contributed by atoms with Crippen LogP contribution in [0.2, 0.25) is 5.02 Å². The van der Waals surface area contributed by atoms with Crippen molar-refractivity contribution in [1.29, 1.82) is 0 Å². The fourth-order valence-corrected chi connectivity index (χ4v) is 3.44. The van der Waals surface area contributed by atoms with Gasteiger partial charge in [0.2, 0.25) is 0 Å². The number of benzene rings is 2. The van der Waals surface area contributed by atoms with Gasteiger partial charge in [-0.15, -0.1) is 0 Å². The summed E-state index contributed by atoms with van der Waals surface area (Å²) >= 11 is 5.99. The fraction of sp³-hybridized carbons (Fsp3) is 0.190. The average molecular weight is 366 g/mol. The molecule has 2 aromatic heterocycles. The van der Waals surface area contributed by atoms with Gasteiger partial charge in [0.1, 0.15) is 0 Å². The molecule has 0 saturated heterocycles. The lowest BCUT2D eigenvalue weighted by Gasteiger charge is -2.14. The van der Waals surface area contributed by atoms with Crippen molar-refractivity contribution in [2.75, 3.05) is 20.6 Å². The molecule has 4 nitrogen and oxygen atoms in total. The maximum atomic E-state index is 13.2. The van der Waals surface area contributed by atoms with Gasteiger partial charge in [0, 0.05) is 29.2 Å². The summed E-state index contributed by atoms with van der Waals surface area (Å²) in [5.74, 6) is 0. The Labute approximate surface area is 156 Å². The van der Waals surface area contributed by atoms with Crippen LogP contribution in [-0.4, -0.2) is 35.1 Å². The van der Waals surface area contributed by atoms with Crippen molar-refractivity contribution in [3.05, 3.63) is 70.0 Å². The Morgan fingerprint density at radius 3 is 2.50 bits per heavy atom. The SMILES string of the molecule is CN(C)CCn1c(=O)c2cc(-c3ccc(Cl)cc3)[nH]c2c2ccccc21. The normalized spacial score (nSPS) is 11.7. The summed E-state index contributed by atoms with van der Waals surface area (Å²) in [5, 5.41) is 2.47. The summed E-state index contributed by atoms with van der Waals surface area (Å²) < 4.78 is 1.87. The van der Waals surface area contributed by atoms with Crippen molar-refractivity contribution in [3.63, 3.8) is 0 Å². The number of aromatic amines is 1. The number of likely N-dealkylation sites (N-methyl/N-ethyl adjacent to an activating group) is 1. The zero-order valence-corrected chi connectivity index (χ0v) is 15.5. The molecule has 4 rings (SSSR count). The Morgan fingerprint density at radius 1 is 1.04 bits per heavy atom. The van der Waals surface area contributed by atoms with Crippen LogP contribution < -0.4 is 5.56 Å². The topological polar surface area (TPSA) is 41.0 Å². The minimum absolute atomic E-state index is 0.0389. The molecule has 4 aromatic rings. The highest BCUT2D eigenvalue weighted by Crippen LogP contribution is 2.28. The molecule has 1 N–H and O–H groups in total. The number of hydrogen-bond acceptors (Lipinski definition) is 2. The van der Waals surface area contributed by atoms with Crippen molar-refractivity contribution >= 4 is 33.4 Å². The molecule has 0 unspecified atom stereocenters. The second kappa shape index (κ2) is 6.63. The molecule has 0 spiro atoms. The summed E-state index contributed by atoms with van der Waals surface area (Å²) in [6, 6.07) is 17.6. The number of para-hydroxylation sites is 1. The third kappa shape index (κ3) is 2.91. The van der Waals surface area contributed by atoms with Gasteiger partial charge in [-0.2, -0.15) is 0 Å². The number of hydrogen-bond donors (Lipinski definition) is 1. The van der Waals surface area contributed by atoms with E-state index in [1.807, 2.05) is 67.2 Å². The van der Waals surface area contributed by atoms with Gasteiger partial charge in [-0.05, 0) is 43.9 Å². The van der Waals surface area contributed by atoms with Gasteiger partial charge in [0.05, 0.1) is 16.4 Å². The molecule has 2 heterocycles. The van der Waals surface area contributed by atoms with Crippen LogP contribution in [0.4, 0.5) is 0 Å². The first kappa shape index (κ1) is 16.9. The van der Waals surface area contributed by atoms with E-state index in [1.54, 1.807) is 0 Å². The van der Waals surface area contributed by atoms with Crippen LogP contribution >= 0.6 is 11.6 Å². The Bertz CT molecular complexity index is 1140.